The van der Waals surface area contributed by atoms with Gasteiger partial charge in [-0.3, -0.25) is 9.69 Å². The predicted octanol–water partition coefficient (Wildman–Crippen LogP) is 3.44. The minimum atomic E-state index is 0.103. The number of hydrogen-bond donors (Lipinski definition) is 1. The minimum Gasteiger partial charge on any atom is -0.353 e. The highest BCUT2D eigenvalue weighted by molar-refractivity contribution is 5.88. The van der Waals surface area contributed by atoms with Gasteiger partial charge >= 0.3 is 0 Å². The molecule has 0 saturated heterocycles. The lowest BCUT2D eigenvalue weighted by atomic mass is 9.95. The zero-order chi connectivity index (χ0) is 15.9. The van der Waals surface area contributed by atoms with Crippen LogP contribution in [0.15, 0.2) is 35.9 Å². The molecular weight excluding hydrogens is 284 g/mol. The molecule has 1 aromatic carbocycles. The standard InChI is InChI=1S/C20H28N2O/c23-20(15-17-7-2-1-3-8-17)21-12-6-13-22-14-11-18-9-4-5-10-19(18)16-22/h4-5,9-10,15H,1-3,6-8,11-14,16H2,(H,21,23). The summed E-state index contributed by atoms with van der Waals surface area (Å²) in [7, 11) is 0. The molecular formula is C20H28N2O. The molecule has 1 N–H and O–H groups in total. The van der Waals surface area contributed by atoms with Crippen LogP contribution in [0.4, 0.5) is 0 Å². The largest absolute Gasteiger partial charge is 0.353 e. The summed E-state index contributed by atoms with van der Waals surface area (Å²) in [5, 5.41) is 3.05. The van der Waals surface area contributed by atoms with Crippen molar-refractivity contribution >= 4 is 5.91 Å². The lowest BCUT2D eigenvalue weighted by Gasteiger charge is -2.28. The van der Waals surface area contributed by atoms with Gasteiger partial charge in [-0.15, -0.1) is 0 Å². The van der Waals surface area contributed by atoms with Crippen LogP contribution in [-0.2, 0) is 17.8 Å². The Kier molecular flexibility index (Phi) is 5.87. The van der Waals surface area contributed by atoms with E-state index in [1.54, 1.807) is 0 Å². The number of fused-ring (bicyclic) bond motifs is 1. The fourth-order valence-electron chi connectivity index (χ4n) is 3.65. The lowest BCUT2D eigenvalue weighted by molar-refractivity contribution is -0.116. The number of carbonyl (C=O) groups is 1. The van der Waals surface area contributed by atoms with Gasteiger partial charge in [-0.2, -0.15) is 0 Å². The summed E-state index contributed by atoms with van der Waals surface area (Å²) in [6, 6.07) is 8.73. The smallest absolute Gasteiger partial charge is 0.243 e. The SMILES string of the molecule is O=C(C=C1CCCCC1)NCCCN1CCc2ccccc2C1. The summed E-state index contributed by atoms with van der Waals surface area (Å²) in [5.41, 5.74) is 4.29. The molecule has 0 spiro atoms. The zero-order valence-electron chi connectivity index (χ0n) is 14.0. The Bertz CT molecular complexity index is 557. The third-order valence-electron chi connectivity index (χ3n) is 4.99. The highest BCUT2D eigenvalue weighted by Crippen LogP contribution is 2.22. The van der Waals surface area contributed by atoms with E-state index in [2.05, 4.69) is 34.5 Å². The fourth-order valence-corrected chi connectivity index (χ4v) is 3.65. The van der Waals surface area contributed by atoms with Crippen LogP contribution in [0.5, 0.6) is 0 Å². The second kappa shape index (κ2) is 8.30. The molecule has 0 radical (unpaired) electrons. The van der Waals surface area contributed by atoms with Crippen LogP contribution in [0, 0.1) is 0 Å². The van der Waals surface area contributed by atoms with E-state index < -0.39 is 0 Å². The predicted molar refractivity (Wildman–Crippen MR) is 94.2 cm³/mol. The van der Waals surface area contributed by atoms with Crippen molar-refractivity contribution in [3.63, 3.8) is 0 Å². The first-order chi connectivity index (χ1) is 11.3. The van der Waals surface area contributed by atoms with Crippen LogP contribution in [0.25, 0.3) is 0 Å². The van der Waals surface area contributed by atoms with Crippen LogP contribution in [-0.4, -0.2) is 30.4 Å². The van der Waals surface area contributed by atoms with E-state index >= 15 is 0 Å². The van der Waals surface area contributed by atoms with Crippen molar-refractivity contribution in [3.8, 4) is 0 Å². The van der Waals surface area contributed by atoms with Gasteiger partial charge < -0.3 is 5.32 Å². The number of allylic oxidation sites excluding steroid dienone is 1. The summed E-state index contributed by atoms with van der Waals surface area (Å²) in [6.45, 7) is 4.02. The number of rotatable bonds is 5. The first kappa shape index (κ1) is 16.3. The molecule has 2 aliphatic rings. The first-order valence-corrected chi connectivity index (χ1v) is 9.08. The normalized spacial score (nSPS) is 18.3. The first-order valence-electron chi connectivity index (χ1n) is 9.08. The average molecular weight is 312 g/mol. The third kappa shape index (κ3) is 4.93. The lowest BCUT2D eigenvalue weighted by Crippen LogP contribution is -2.33. The van der Waals surface area contributed by atoms with Crippen molar-refractivity contribution in [1.29, 1.82) is 0 Å². The summed E-state index contributed by atoms with van der Waals surface area (Å²) >= 11 is 0. The topological polar surface area (TPSA) is 32.3 Å². The highest BCUT2D eigenvalue weighted by atomic mass is 16.1. The third-order valence-corrected chi connectivity index (χ3v) is 4.99. The summed E-state index contributed by atoms with van der Waals surface area (Å²) in [6.07, 6.45) is 10.0. The summed E-state index contributed by atoms with van der Waals surface area (Å²) < 4.78 is 0. The quantitative estimate of drug-likeness (QED) is 0.667. The zero-order valence-corrected chi connectivity index (χ0v) is 14.0. The van der Waals surface area contributed by atoms with E-state index in [1.807, 2.05) is 6.08 Å². The monoisotopic (exact) mass is 312 g/mol. The molecule has 1 amide bonds. The van der Waals surface area contributed by atoms with Crippen LogP contribution in [0.2, 0.25) is 0 Å². The Hall–Kier alpha value is -1.61. The number of nitrogens with one attached hydrogen (secondary N) is 1. The number of hydrogen-bond acceptors (Lipinski definition) is 2. The fraction of sp³-hybridized carbons (Fsp3) is 0.550. The molecule has 1 heterocycles. The Labute approximate surface area is 139 Å². The number of carbonyl (C=O) groups excluding carboxylic acids is 1. The van der Waals surface area contributed by atoms with Gasteiger partial charge in [-0.1, -0.05) is 36.3 Å². The van der Waals surface area contributed by atoms with Crippen molar-refractivity contribution in [3.05, 3.63) is 47.0 Å². The molecule has 1 aliphatic heterocycles. The minimum absolute atomic E-state index is 0.103. The second-order valence-electron chi connectivity index (χ2n) is 6.80. The van der Waals surface area contributed by atoms with Gasteiger partial charge in [0.05, 0.1) is 0 Å². The molecule has 3 nitrogen and oxygen atoms in total. The molecule has 3 rings (SSSR count). The van der Waals surface area contributed by atoms with E-state index in [4.69, 9.17) is 0 Å². The maximum absolute atomic E-state index is 11.9. The van der Waals surface area contributed by atoms with Gasteiger partial charge in [-0.25, -0.2) is 0 Å². The molecule has 0 aromatic heterocycles. The van der Waals surface area contributed by atoms with Gasteiger partial charge in [0.25, 0.3) is 0 Å². The van der Waals surface area contributed by atoms with Gasteiger partial charge in [0, 0.05) is 32.3 Å². The maximum atomic E-state index is 11.9. The van der Waals surface area contributed by atoms with E-state index in [1.165, 1.54) is 36.0 Å². The van der Waals surface area contributed by atoms with E-state index in [0.717, 1.165) is 51.9 Å². The molecule has 1 fully saturated rings. The van der Waals surface area contributed by atoms with Crippen molar-refractivity contribution in [2.75, 3.05) is 19.6 Å². The number of amides is 1. The van der Waals surface area contributed by atoms with E-state index in [0.29, 0.717) is 0 Å². The Morgan fingerprint density at radius 2 is 1.87 bits per heavy atom. The van der Waals surface area contributed by atoms with Gasteiger partial charge in [0.1, 0.15) is 0 Å². The van der Waals surface area contributed by atoms with Crippen LogP contribution >= 0.6 is 0 Å². The Balaban J connectivity index is 1.35. The molecule has 1 saturated carbocycles. The molecule has 0 bridgehead atoms. The van der Waals surface area contributed by atoms with Gasteiger partial charge in [0.15, 0.2) is 0 Å². The van der Waals surface area contributed by atoms with Crippen LogP contribution < -0.4 is 5.32 Å². The average Bonchev–Trinajstić information content (AvgIpc) is 2.59. The summed E-state index contributed by atoms with van der Waals surface area (Å²) in [4.78, 5) is 14.4. The molecule has 1 aliphatic carbocycles. The number of benzene rings is 1. The van der Waals surface area contributed by atoms with Crippen molar-refractivity contribution in [2.45, 2.75) is 51.5 Å². The van der Waals surface area contributed by atoms with Crippen molar-refractivity contribution in [2.24, 2.45) is 0 Å². The molecule has 0 unspecified atom stereocenters. The van der Waals surface area contributed by atoms with Gasteiger partial charge in [0.2, 0.25) is 5.91 Å². The van der Waals surface area contributed by atoms with Crippen LogP contribution in [0.1, 0.15) is 49.7 Å². The number of nitrogens with zero attached hydrogens (tertiary/aromatic N) is 1. The Morgan fingerprint density at radius 3 is 2.70 bits per heavy atom. The van der Waals surface area contributed by atoms with Crippen molar-refractivity contribution in [1.82, 2.24) is 10.2 Å². The Morgan fingerprint density at radius 1 is 1.09 bits per heavy atom. The van der Waals surface area contributed by atoms with Crippen molar-refractivity contribution < 1.29 is 4.79 Å². The molecule has 3 heteroatoms. The molecule has 124 valence electrons. The second-order valence-corrected chi connectivity index (χ2v) is 6.80. The molecule has 23 heavy (non-hydrogen) atoms. The summed E-state index contributed by atoms with van der Waals surface area (Å²) in [5.74, 6) is 0.103. The molecule has 0 atom stereocenters. The maximum Gasteiger partial charge on any atom is 0.243 e. The highest BCUT2D eigenvalue weighted by Gasteiger charge is 2.15. The van der Waals surface area contributed by atoms with Crippen LogP contribution in [0.3, 0.4) is 0 Å². The van der Waals surface area contributed by atoms with E-state index in [9.17, 15) is 4.79 Å². The van der Waals surface area contributed by atoms with E-state index in [-0.39, 0.29) is 5.91 Å². The van der Waals surface area contributed by atoms with Gasteiger partial charge in [-0.05, 0) is 49.7 Å². The molecule has 1 aromatic rings.